The number of likely N-dealkylation sites (tertiary alicyclic amines) is 1. The molecule has 4 rings (SSSR count). The minimum absolute atomic E-state index is 0.183. The van der Waals surface area contributed by atoms with E-state index in [4.69, 9.17) is 9.47 Å². The number of nitrogens with one attached hydrogen (secondary N) is 1. The first-order valence-corrected chi connectivity index (χ1v) is 10.8. The Labute approximate surface area is 193 Å². The summed E-state index contributed by atoms with van der Waals surface area (Å²) >= 11 is 0. The highest BCUT2D eigenvalue weighted by atomic mass is 19.4. The van der Waals surface area contributed by atoms with Gasteiger partial charge in [0.15, 0.2) is 6.10 Å². The number of amides is 3. The molecular formula is C23H23F4N3O4. The van der Waals surface area contributed by atoms with Crippen LogP contribution >= 0.6 is 0 Å². The molecule has 3 amide bonds. The molecule has 2 aliphatic rings. The van der Waals surface area contributed by atoms with Gasteiger partial charge in [-0.1, -0.05) is 24.3 Å². The number of halogens is 4. The van der Waals surface area contributed by atoms with Crippen LogP contribution in [0.25, 0.3) is 0 Å². The van der Waals surface area contributed by atoms with E-state index < -0.39 is 41.5 Å². The highest BCUT2D eigenvalue weighted by molar-refractivity contribution is 5.90. The van der Waals surface area contributed by atoms with Gasteiger partial charge in [0.2, 0.25) is 0 Å². The van der Waals surface area contributed by atoms with E-state index in [-0.39, 0.29) is 25.7 Å². The van der Waals surface area contributed by atoms with Crippen molar-refractivity contribution in [3.05, 3.63) is 59.9 Å². The van der Waals surface area contributed by atoms with E-state index >= 15 is 0 Å². The van der Waals surface area contributed by atoms with Crippen LogP contribution in [0.5, 0.6) is 5.75 Å². The van der Waals surface area contributed by atoms with Crippen molar-refractivity contribution in [2.45, 2.75) is 31.2 Å². The molecule has 0 saturated carbocycles. The molecule has 0 spiro atoms. The van der Waals surface area contributed by atoms with Gasteiger partial charge in [0.25, 0.3) is 0 Å². The zero-order valence-electron chi connectivity index (χ0n) is 18.1. The number of urea groups is 1. The maximum atomic E-state index is 14.0. The SMILES string of the molecule is O=C(Nc1c(F)cccc1C(F)(F)F)N1CCC(N2CC(COc3ccccc3)OC2=O)CC1. The molecule has 182 valence electrons. The number of alkyl halides is 3. The van der Waals surface area contributed by atoms with Crippen molar-refractivity contribution in [2.24, 2.45) is 0 Å². The van der Waals surface area contributed by atoms with Gasteiger partial charge in [0, 0.05) is 19.1 Å². The van der Waals surface area contributed by atoms with E-state index in [1.54, 1.807) is 17.0 Å². The number of anilines is 1. The molecule has 1 atom stereocenters. The Morgan fingerprint density at radius 2 is 1.79 bits per heavy atom. The predicted molar refractivity (Wildman–Crippen MR) is 114 cm³/mol. The predicted octanol–water partition coefficient (Wildman–Crippen LogP) is 4.74. The van der Waals surface area contributed by atoms with Crippen molar-refractivity contribution < 1.29 is 36.6 Å². The molecule has 1 unspecified atom stereocenters. The maximum absolute atomic E-state index is 14.0. The summed E-state index contributed by atoms with van der Waals surface area (Å²) in [5.74, 6) is -0.499. The highest BCUT2D eigenvalue weighted by Gasteiger charge is 2.39. The summed E-state index contributed by atoms with van der Waals surface area (Å²) in [6.07, 6.45) is -4.88. The third-order valence-electron chi connectivity index (χ3n) is 5.82. The number of para-hydroxylation sites is 2. The zero-order valence-corrected chi connectivity index (χ0v) is 18.1. The molecule has 2 saturated heterocycles. The standard InChI is InChI=1S/C23H23F4N3O4/c24-19-8-4-7-18(23(25,26)27)20(19)28-21(31)29-11-9-15(10-12-29)30-13-17(34-22(30)32)14-33-16-5-2-1-3-6-16/h1-8,15,17H,9-14H2,(H,28,31). The van der Waals surface area contributed by atoms with Crippen molar-refractivity contribution in [3.8, 4) is 5.75 Å². The van der Waals surface area contributed by atoms with Crippen LogP contribution in [-0.2, 0) is 10.9 Å². The summed E-state index contributed by atoms with van der Waals surface area (Å²) in [5.41, 5.74) is -2.15. The minimum Gasteiger partial charge on any atom is -0.490 e. The summed E-state index contributed by atoms with van der Waals surface area (Å²) in [5, 5.41) is 2.06. The van der Waals surface area contributed by atoms with Gasteiger partial charge in [-0.25, -0.2) is 14.0 Å². The minimum atomic E-state index is -4.81. The molecule has 11 heteroatoms. The number of hydrogen-bond donors (Lipinski definition) is 1. The summed E-state index contributed by atoms with van der Waals surface area (Å²) in [6, 6.07) is 10.6. The quantitative estimate of drug-likeness (QED) is 0.627. The van der Waals surface area contributed by atoms with Gasteiger partial charge in [-0.3, -0.25) is 0 Å². The Balaban J connectivity index is 1.30. The van der Waals surface area contributed by atoms with Crippen molar-refractivity contribution in [1.29, 1.82) is 0 Å². The molecule has 34 heavy (non-hydrogen) atoms. The smallest absolute Gasteiger partial charge is 0.418 e. The van der Waals surface area contributed by atoms with Crippen molar-refractivity contribution in [3.63, 3.8) is 0 Å². The maximum Gasteiger partial charge on any atom is 0.418 e. The normalized spacial score (nSPS) is 19.2. The van der Waals surface area contributed by atoms with Crippen LogP contribution in [0.15, 0.2) is 48.5 Å². The fourth-order valence-electron chi connectivity index (χ4n) is 4.09. The zero-order chi connectivity index (χ0) is 24.3. The van der Waals surface area contributed by atoms with E-state index in [2.05, 4.69) is 5.32 Å². The van der Waals surface area contributed by atoms with E-state index in [0.717, 1.165) is 12.1 Å². The number of ether oxygens (including phenoxy) is 2. The van der Waals surface area contributed by atoms with Crippen LogP contribution < -0.4 is 10.1 Å². The Morgan fingerprint density at radius 1 is 1.09 bits per heavy atom. The topological polar surface area (TPSA) is 71.1 Å². The molecule has 2 fully saturated rings. The van der Waals surface area contributed by atoms with Gasteiger partial charge < -0.3 is 24.6 Å². The Hall–Kier alpha value is -3.50. The van der Waals surface area contributed by atoms with E-state index in [0.29, 0.717) is 31.2 Å². The lowest BCUT2D eigenvalue weighted by atomic mass is 10.0. The first-order chi connectivity index (χ1) is 16.2. The highest BCUT2D eigenvalue weighted by Crippen LogP contribution is 2.36. The van der Waals surface area contributed by atoms with Crippen molar-refractivity contribution in [2.75, 3.05) is 31.6 Å². The summed E-state index contributed by atoms with van der Waals surface area (Å²) in [7, 11) is 0. The van der Waals surface area contributed by atoms with E-state index in [1.807, 2.05) is 18.2 Å². The van der Waals surface area contributed by atoms with Crippen LogP contribution in [0.2, 0.25) is 0 Å². The number of rotatable bonds is 5. The number of cyclic esters (lactones) is 1. The lowest BCUT2D eigenvalue weighted by molar-refractivity contribution is -0.137. The van der Waals surface area contributed by atoms with Crippen LogP contribution in [0.4, 0.5) is 32.8 Å². The van der Waals surface area contributed by atoms with Crippen molar-refractivity contribution >= 4 is 17.8 Å². The third kappa shape index (κ3) is 5.35. The van der Waals surface area contributed by atoms with Gasteiger partial charge >= 0.3 is 18.3 Å². The largest absolute Gasteiger partial charge is 0.490 e. The second-order valence-corrected chi connectivity index (χ2v) is 8.09. The lowest BCUT2D eigenvalue weighted by Crippen LogP contribution is -2.48. The van der Waals surface area contributed by atoms with Crippen LogP contribution in [0, 0.1) is 5.82 Å². The Bertz CT molecular complexity index is 1030. The average molecular weight is 481 g/mol. The molecule has 0 aromatic heterocycles. The molecule has 0 radical (unpaired) electrons. The molecule has 0 aliphatic carbocycles. The lowest BCUT2D eigenvalue weighted by Gasteiger charge is -2.35. The molecule has 7 nitrogen and oxygen atoms in total. The number of carbonyl (C=O) groups excluding carboxylic acids is 2. The molecule has 0 bridgehead atoms. The van der Waals surface area contributed by atoms with Crippen molar-refractivity contribution in [1.82, 2.24) is 9.80 Å². The third-order valence-corrected chi connectivity index (χ3v) is 5.82. The van der Waals surface area contributed by atoms with Gasteiger partial charge in [-0.15, -0.1) is 0 Å². The Morgan fingerprint density at radius 3 is 2.47 bits per heavy atom. The van der Waals surface area contributed by atoms with Crippen LogP contribution in [-0.4, -0.2) is 60.3 Å². The summed E-state index contributed by atoms with van der Waals surface area (Å²) in [6.45, 7) is 0.937. The monoisotopic (exact) mass is 481 g/mol. The molecular weight excluding hydrogens is 458 g/mol. The summed E-state index contributed by atoms with van der Waals surface area (Å²) < 4.78 is 64.6. The number of piperidine rings is 1. The van der Waals surface area contributed by atoms with Crippen LogP contribution in [0.1, 0.15) is 18.4 Å². The number of hydrogen-bond acceptors (Lipinski definition) is 4. The fourth-order valence-corrected chi connectivity index (χ4v) is 4.09. The average Bonchev–Trinajstić information content (AvgIpc) is 3.19. The van der Waals surface area contributed by atoms with E-state index in [9.17, 15) is 27.2 Å². The second kappa shape index (κ2) is 9.78. The molecule has 2 aliphatic heterocycles. The summed E-state index contributed by atoms with van der Waals surface area (Å²) in [4.78, 5) is 27.7. The molecule has 2 heterocycles. The van der Waals surface area contributed by atoms with Gasteiger partial charge in [0.05, 0.1) is 17.8 Å². The van der Waals surface area contributed by atoms with Crippen LogP contribution in [0.3, 0.4) is 0 Å². The number of nitrogens with zero attached hydrogens (tertiary/aromatic N) is 2. The first kappa shape index (κ1) is 23.7. The molecule has 2 aromatic rings. The number of carbonyl (C=O) groups is 2. The molecule has 2 aromatic carbocycles. The van der Waals surface area contributed by atoms with Gasteiger partial charge in [0.1, 0.15) is 18.2 Å². The second-order valence-electron chi connectivity index (χ2n) is 8.09. The van der Waals surface area contributed by atoms with Gasteiger partial charge in [-0.2, -0.15) is 13.2 Å². The Kier molecular flexibility index (Phi) is 6.80. The number of benzene rings is 2. The first-order valence-electron chi connectivity index (χ1n) is 10.8. The fraction of sp³-hybridized carbons (Fsp3) is 0.391. The molecule has 1 N–H and O–H groups in total. The van der Waals surface area contributed by atoms with E-state index in [1.165, 1.54) is 4.90 Å². The van der Waals surface area contributed by atoms with Gasteiger partial charge in [-0.05, 0) is 37.1 Å².